The number of halogens is 2. The maximum atomic E-state index is 9.22. The highest BCUT2D eigenvalue weighted by Gasteiger charge is 2.05. The number of nitrogens with zero attached hydrogens (tertiary/aromatic N) is 1. The Morgan fingerprint density at radius 1 is 1.55 bits per heavy atom. The average molecular weight is 192 g/mol. The largest absolute Gasteiger partial charge is 0.387 e. The molecule has 0 radical (unpaired) electrons. The minimum absolute atomic E-state index is 0.155. The van der Waals surface area contributed by atoms with Crippen LogP contribution in [0.15, 0.2) is 18.5 Å². The van der Waals surface area contributed by atoms with E-state index in [1.165, 1.54) is 6.20 Å². The topological polar surface area (TPSA) is 33.1 Å². The zero-order chi connectivity index (χ0) is 8.27. The summed E-state index contributed by atoms with van der Waals surface area (Å²) in [5, 5.41) is 9.73. The van der Waals surface area contributed by atoms with Gasteiger partial charge in [0, 0.05) is 18.0 Å². The van der Waals surface area contributed by atoms with Gasteiger partial charge in [0.15, 0.2) is 0 Å². The zero-order valence-corrected chi connectivity index (χ0v) is 7.18. The highest BCUT2D eigenvalue weighted by molar-refractivity contribution is 6.30. The lowest BCUT2D eigenvalue weighted by atomic mass is 10.2. The summed E-state index contributed by atoms with van der Waals surface area (Å²) in [4.78, 5) is 3.80. The van der Waals surface area contributed by atoms with Gasteiger partial charge in [-0.3, -0.25) is 4.98 Å². The van der Waals surface area contributed by atoms with Crippen LogP contribution in [0.2, 0.25) is 5.02 Å². The first kappa shape index (κ1) is 8.78. The molecule has 11 heavy (non-hydrogen) atoms. The highest BCUT2D eigenvalue weighted by Crippen LogP contribution is 2.16. The summed E-state index contributed by atoms with van der Waals surface area (Å²) < 4.78 is 0. The van der Waals surface area contributed by atoms with Crippen molar-refractivity contribution >= 4 is 23.2 Å². The number of hydrogen-bond donors (Lipinski definition) is 1. The summed E-state index contributed by atoms with van der Waals surface area (Å²) in [5.41, 5.74) is 0.646. The van der Waals surface area contributed by atoms with Gasteiger partial charge in [-0.15, -0.1) is 11.6 Å². The first-order chi connectivity index (χ1) is 5.24. The fourth-order valence-corrected chi connectivity index (χ4v) is 1.06. The first-order valence-corrected chi connectivity index (χ1v) is 3.99. The van der Waals surface area contributed by atoms with E-state index in [0.717, 1.165) is 0 Å². The SMILES string of the molecule is O[C@@H](CCl)c1cncc(Cl)c1. The molecule has 0 saturated carbocycles. The predicted molar refractivity (Wildman–Crippen MR) is 44.9 cm³/mol. The molecule has 1 heterocycles. The van der Waals surface area contributed by atoms with E-state index in [2.05, 4.69) is 4.98 Å². The molecule has 4 heteroatoms. The lowest BCUT2D eigenvalue weighted by molar-refractivity contribution is 0.202. The molecule has 1 N–H and O–H groups in total. The van der Waals surface area contributed by atoms with E-state index in [1.54, 1.807) is 12.3 Å². The van der Waals surface area contributed by atoms with Crippen LogP contribution < -0.4 is 0 Å². The Morgan fingerprint density at radius 2 is 2.27 bits per heavy atom. The summed E-state index contributed by atoms with van der Waals surface area (Å²) in [6.07, 6.45) is 2.37. The van der Waals surface area contributed by atoms with Crippen molar-refractivity contribution < 1.29 is 5.11 Å². The molecule has 0 aliphatic heterocycles. The van der Waals surface area contributed by atoms with Crippen molar-refractivity contribution in [1.29, 1.82) is 0 Å². The third kappa shape index (κ3) is 2.33. The minimum Gasteiger partial charge on any atom is -0.387 e. The molecule has 0 aliphatic carbocycles. The Labute approximate surface area is 74.8 Å². The van der Waals surface area contributed by atoms with Gasteiger partial charge in [0.25, 0.3) is 0 Å². The Morgan fingerprint density at radius 3 is 2.82 bits per heavy atom. The van der Waals surface area contributed by atoms with Crippen LogP contribution in [0.5, 0.6) is 0 Å². The molecule has 1 aromatic rings. The molecule has 0 aromatic carbocycles. The van der Waals surface area contributed by atoms with E-state index < -0.39 is 6.10 Å². The van der Waals surface area contributed by atoms with Crippen molar-refractivity contribution in [2.45, 2.75) is 6.10 Å². The van der Waals surface area contributed by atoms with Gasteiger partial charge in [-0.25, -0.2) is 0 Å². The van der Waals surface area contributed by atoms with Gasteiger partial charge in [0.2, 0.25) is 0 Å². The predicted octanol–water partition coefficient (Wildman–Crippen LogP) is 2.01. The van der Waals surface area contributed by atoms with Crippen LogP contribution in [0.4, 0.5) is 0 Å². The Bertz CT molecular complexity index is 242. The smallest absolute Gasteiger partial charge is 0.0940 e. The molecule has 1 rings (SSSR count). The summed E-state index contributed by atoms with van der Waals surface area (Å²) >= 11 is 11.0. The van der Waals surface area contributed by atoms with Gasteiger partial charge in [-0.1, -0.05) is 11.6 Å². The van der Waals surface area contributed by atoms with Gasteiger partial charge in [-0.05, 0) is 6.07 Å². The lowest BCUT2D eigenvalue weighted by Gasteiger charge is -2.05. The molecule has 2 nitrogen and oxygen atoms in total. The van der Waals surface area contributed by atoms with E-state index in [1.807, 2.05) is 0 Å². The number of alkyl halides is 1. The van der Waals surface area contributed by atoms with Gasteiger partial charge >= 0.3 is 0 Å². The second-order valence-corrected chi connectivity index (χ2v) is 2.85. The van der Waals surface area contributed by atoms with Crippen molar-refractivity contribution in [3.8, 4) is 0 Å². The molecule has 0 saturated heterocycles. The first-order valence-electron chi connectivity index (χ1n) is 3.08. The van der Waals surface area contributed by atoms with Crippen LogP contribution in [0.1, 0.15) is 11.7 Å². The number of aromatic nitrogens is 1. The molecule has 0 spiro atoms. The van der Waals surface area contributed by atoms with E-state index >= 15 is 0 Å². The molecular formula is C7H7Cl2NO. The molecule has 0 fully saturated rings. The van der Waals surface area contributed by atoms with E-state index in [4.69, 9.17) is 23.2 Å². The Balaban J connectivity index is 2.86. The van der Waals surface area contributed by atoms with Crippen LogP contribution in [-0.2, 0) is 0 Å². The van der Waals surface area contributed by atoms with E-state index in [9.17, 15) is 5.11 Å². The van der Waals surface area contributed by atoms with Crippen LogP contribution in [-0.4, -0.2) is 16.0 Å². The van der Waals surface area contributed by atoms with Gasteiger partial charge in [0.05, 0.1) is 17.0 Å². The lowest BCUT2D eigenvalue weighted by Crippen LogP contribution is -1.98. The van der Waals surface area contributed by atoms with E-state index in [0.29, 0.717) is 10.6 Å². The Hall–Kier alpha value is -0.310. The zero-order valence-electron chi connectivity index (χ0n) is 5.67. The monoisotopic (exact) mass is 191 g/mol. The highest BCUT2D eigenvalue weighted by atomic mass is 35.5. The molecular weight excluding hydrogens is 185 g/mol. The van der Waals surface area contributed by atoms with Crippen LogP contribution in [0.25, 0.3) is 0 Å². The summed E-state index contributed by atoms with van der Waals surface area (Å²) in [5.74, 6) is 0.155. The molecule has 0 unspecified atom stereocenters. The van der Waals surface area contributed by atoms with Crippen molar-refractivity contribution in [2.24, 2.45) is 0 Å². The third-order valence-electron chi connectivity index (χ3n) is 1.26. The average Bonchev–Trinajstić information content (AvgIpc) is 2.03. The minimum atomic E-state index is -0.678. The Kier molecular flexibility index (Phi) is 3.12. The summed E-state index contributed by atoms with van der Waals surface area (Å²) in [7, 11) is 0. The normalized spacial score (nSPS) is 13.0. The summed E-state index contributed by atoms with van der Waals surface area (Å²) in [6.45, 7) is 0. The number of pyridine rings is 1. The van der Waals surface area contributed by atoms with E-state index in [-0.39, 0.29) is 5.88 Å². The van der Waals surface area contributed by atoms with Gasteiger partial charge in [-0.2, -0.15) is 0 Å². The standard InChI is InChI=1S/C7H7Cl2NO/c8-2-7(11)5-1-6(9)4-10-3-5/h1,3-4,7,11H,2H2/t7-/m0/s1. The maximum absolute atomic E-state index is 9.22. The molecule has 0 amide bonds. The van der Waals surface area contributed by atoms with Crippen LogP contribution in [0.3, 0.4) is 0 Å². The summed E-state index contributed by atoms with van der Waals surface area (Å²) in [6, 6.07) is 1.64. The van der Waals surface area contributed by atoms with Gasteiger partial charge < -0.3 is 5.11 Å². The van der Waals surface area contributed by atoms with Crippen LogP contribution >= 0.6 is 23.2 Å². The van der Waals surface area contributed by atoms with Gasteiger partial charge in [0.1, 0.15) is 0 Å². The molecule has 0 bridgehead atoms. The fourth-order valence-electron chi connectivity index (χ4n) is 0.700. The van der Waals surface area contributed by atoms with Crippen molar-refractivity contribution in [3.63, 3.8) is 0 Å². The quantitative estimate of drug-likeness (QED) is 0.727. The molecule has 0 aliphatic rings. The fraction of sp³-hybridized carbons (Fsp3) is 0.286. The maximum Gasteiger partial charge on any atom is 0.0940 e. The van der Waals surface area contributed by atoms with Crippen LogP contribution in [0, 0.1) is 0 Å². The molecule has 1 atom stereocenters. The number of aliphatic hydroxyl groups is 1. The van der Waals surface area contributed by atoms with Crippen molar-refractivity contribution in [1.82, 2.24) is 4.98 Å². The second kappa shape index (κ2) is 3.90. The number of hydrogen-bond acceptors (Lipinski definition) is 2. The van der Waals surface area contributed by atoms with Crippen molar-refractivity contribution in [2.75, 3.05) is 5.88 Å². The van der Waals surface area contributed by atoms with Crippen molar-refractivity contribution in [3.05, 3.63) is 29.0 Å². The second-order valence-electron chi connectivity index (χ2n) is 2.11. The third-order valence-corrected chi connectivity index (χ3v) is 1.76. The molecule has 1 aromatic heterocycles. The number of rotatable bonds is 2. The molecule has 60 valence electrons. The number of aliphatic hydroxyl groups excluding tert-OH is 1.